The first-order valence-corrected chi connectivity index (χ1v) is 8.34. The molecule has 1 aliphatic rings. The van der Waals surface area contributed by atoms with E-state index in [0.717, 1.165) is 15.6 Å². The Morgan fingerprint density at radius 3 is 2.67 bits per heavy atom. The Morgan fingerprint density at radius 1 is 1.25 bits per heavy atom. The van der Waals surface area contributed by atoms with E-state index in [1.807, 2.05) is 24.3 Å². The molecule has 2 amide bonds. The number of carbonyl (C=O) groups excluding carboxylic acids is 2. The summed E-state index contributed by atoms with van der Waals surface area (Å²) in [5.74, 6) is -0.175. The van der Waals surface area contributed by atoms with Gasteiger partial charge in [0.2, 0.25) is 11.8 Å². The van der Waals surface area contributed by atoms with Crippen molar-refractivity contribution >= 4 is 33.6 Å². The largest absolute Gasteiger partial charge is 0.368 e. The normalized spacial score (nSPS) is 17.1. The van der Waals surface area contributed by atoms with Gasteiger partial charge in [0.1, 0.15) is 5.82 Å². The van der Waals surface area contributed by atoms with Crippen molar-refractivity contribution < 1.29 is 9.59 Å². The summed E-state index contributed by atoms with van der Waals surface area (Å²) in [6, 6.07) is 10.9. The number of aromatic nitrogens is 1. The Hall–Kier alpha value is -2.25. The average molecular weight is 389 g/mol. The molecule has 24 heavy (non-hydrogen) atoms. The Morgan fingerprint density at radius 2 is 2.00 bits per heavy atom. The molecule has 1 aromatic heterocycles. The van der Waals surface area contributed by atoms with E-state index in [-0.39, 0.29) is 12.5 Å². The monoisotopic (exact) mass is 388 g/mol. The highest BCUT2D eigenvalue weighted by atomic mass is 79.9. The molecule has 0 aliphatic carbocycles. The first-order chi connectivity index (χ1) is 11.5. The van der Waals surface area contributed by atoms with E-state index in [4.69, 9.17) is 5.73 Å². The zero-order valence-electron chi connectivity index (χ0n) is 12.9. The summed E-state index contributed by atoms with van der Waals surface area (Å²) in [5, 5.41) is 2.74. The number of hydrogen-bond donors (Lipinski definition) is 2. The summed E-state index contributed by atoms with van der Waals surface area (Å²) in [7, 11) is 0. The number of halogens is 1. The van der Waals surface area contributed by atoms with E-state index in [2.05, 4.69) is 26.2 Å². The van der Waals surface area contributed by atoms with Gasteiger partial charge in [-0.3, -0.25) is 14.5 Å². The average Bonchev–Trinajstić information content (AvgIpc) is 2.56. The van der Waals surface area contributed by atoms with Crippen molar-refractivity contribution in [3.05, 3.63) is 58.2 Å². The van der Waals surface area contributed by atoms with Gasteiger partial charge in [0.05, 0.1) is 12.6 Å². The minimum atomic E-state index is -0.483. The molecule has 124 valence electrons. The van der Waals surface area contributed by atoms with Crippen LogP contribution >= 0.6 is 15.9 Å². The second-order valence-corrected chi connectivity index (χ2v) is 6.62. The molecular weight excluding hydrogens is 372 g/mol. The van der Waals surface area contributed by atoms with Gasteiger partial charge in [-0.1, -0.05) is 24.3 Å². The van der Waals surface area contributed by atoms with E-state index in [0.29, 0.717) is 18.8 Å². The maximum atomic E-state index is 12.3. The number of benzene rings is 1. The van der Waals surface area contributed by atoms with E-state index >= 15 is 0 Å². The van der Waals surface area contributed by atoms with Crippen molar-refractivity contribution in [1.29, 1.82) is 0 Å². The van der Waals surface area contributed by atoms with E-state index in [1.165, 1.54) is 0 Å². The predicted octanol–water partition coefficient (Wildman–Crippen LogP) is 1.69. The van der Waals surface area contributed by atoms with Gasteiger partial charge in [-0.05, 0) is 45.6 Å². The first kappa shape index (κ1) is 16.6. The summed E-state index contributed by atoms with van der Waals surface area (Å²) in [6.07, 6.45) is 2.13. The lowest BCUT2D eigenvalue weighted by Gasteiger charge is -2.34. The minimum Gasteiger partial charge on any atom is -0.368 e. The molecule has 1 aliphatic heterocycles. The van der Waals surface area contributed by atoms with Crippen molar-refractivity contribution in [2.24, 2.45) is 5.73 Å². The fourth-order valence-corrected chi connectivity index (χ4v) is 3.08. The second-order valence-electron chi connectivity index (χ2n) is 5.71. The molecule has 1 atom stereocenters. The van der Waals surface area contributed by atoms with Crippen LogP contribution in [0.1, 0.15) is 11.1 Å². The van der Waals surface area contributed by atoms with Crippen LogP contribution in [0.3, 0.4) is 0 Å². The van der Waals surface area contributed by atoms with Crippen LogP contribution in [0, 0.1) is 0 Å². The number of nitrogens with two attached hydrogens (primary N) is 1. The van der Waals surface area contributed by atoms with E-state index < -0.39 is 11.9 Å². The quantitative estimate of drug-likeness (QED) is 0.833. The van der Waals surface area contributed by atoms with Crippen LogP contribution in [0.15, 0.2) is 47.1 Å². The predicted molar refractivity (Wildman–Crippen MR) is 94.1 cm³/mol. The van der Waals surface area contributed by atoms with Gasteiger partial charge in [0, 0.05) is 17.2 Å². The molecule has 3 rings (SSSR count). The van der Waals surface area contributed by atoms with Crippen molar-refractivity contribution in [2.45, 2.75) is 19.0 Å². The number of hydrogen-bond acceptors (Lipinski definition) is 4. The molecule has 0 unspecified atom stereocenters. The molecule has 0 fully saturated rings. The molecule has 6 nitrogen and oxygen atoms in total. The number of nitrogens with zero attached hydrogens (tertiary/aromatic N) is 2. The standard InChI is InChI=1S/C17H17BrN4O2/c18-13-5-6-15(20-8-13)21-16(23)10-22-9-12-4-2-1-3-11(12)7-14(22)17(19)24/h1-6,8,14H,7,9-10H2,(H2,19,24)(H,20,21,23)/t14-/m0/s1. The molecule has 0 radical (unpaired) electrons. The molecule has 0 spiro atoms. The fraction of sp³-hybridized carbons (Fsp3) is 0.235. The van der Waals surface area contributed by atoms with Crippen LogP contribution in [0.5, 0.6) is 0 Å². The van der Waals surface area contributed by atoms with Gasteiger partial charge in [0.25, 0.3) is 0 Å². The van der Waals surface area contributed by atoms with Crippen molar-refractivity contribution in [1.82, 2.24) is 9.88 Å². The SMILES string of the molecule is NC(=O)[C@@H]1Cc2ccccc2CN1CC(=O)Nc1ccc(Br)cn1. The number of anilines is 1. The molecular formula is C17H17BrN4O2. The summed E-state index contributed by atoms with van der Waals surface area (Å²) < 4.78 is 0.835. The lowest BCUT2D eigenvalue weighted by atomic mass is 9.93. The summed E-state index contributed by atoms with van der Waals surface area (Å²) in [5.41, 5.74) is 7.75. The van der Waals surface area contributed by atoms with Crippen molar-refractivity contribution in [2.75, 3.05) is 11.9 Å². The fourth-order valence-electron chi connectivity index (χ4n) is 2.84. The van der Waals surface area contributed by atoms with Gasteiger partial charge in [0.15, 0.2) is 0 Å². The number of pyridine rings is 1. The highest BCUT2D eigenvalue weighted by Gasteiger charge is 2.31. The molecule has 3 N–H and O–H groups in total. The lowest BCUT2D eigenvalue weighted by molar-refractivity contribution is -0.125. The van der Waals surface area contributed by atoms with Gasteiger partial charge in [-0.25, -0.2) is 4.98 Å². The number of amides is 2. The zero-order chi connectivity index (χ0) is 17.1. The van der Waals surface area contributed by atoms with Gasteiger partial charge >= 0.3 is 0 Å². The minimum absolute atomic E-state index is 0.0830. The Bertz CT molecular complexity index is 763. The summed E-state index contributed by atoms with van der Waals surface area (Å²) >= 11 is 3.30. The molecule has 7 heteroatoms. The number of primary amides is 1. The number of carbonyl (C=O) groups is 2. The molecule has 1 aromatic carbocycles. The highest BCUT2D eigenvalue weighted by molar-refractivity contribution is 9.10. The zero-order valence-corrected chi connectivity index (χ0v) is 14.5. The third-order valence-electron chi connectivity index (χ3n) is 4.02. The maximum Gasteiger partial charge on any atom is 0.239 e. The topological polar surface area (TPSA) is 88.3 Å². The summed E-state index contributed by atoms with van der Waals surface area (Å²) in [6.45, 7) is 0.602. The number of nitrogens with one attached hydrogen (secondary N) is 1. The Balaban J connectivity index is 1.71. The van der Waals surface area contributed by atoms with E-state index in [1.54, 1.807) is 23.2 Å². The van der Waals surface area contributed by atoms with Crippen LogP contribution in [0.4, 0.5) is 5.82 Å². The van der Waals surface area contributed by atoms with Crippen LogP contribution in [-0.4, -0.2) is 34.3 Å². The molecule has 0 saturated heterocycles. The highest BCUT2D eigenvalue weighted by Crippen LogP contribution is 2.23. The number of fused-ring (bicyclic) bond motifs is 1. The smallest absolute Gasteiger partial charge is 0.239 e. The second kappa shape index (κ2) is 7.11. The third kappa shape index (κ3) is 3.80. The van der Waals surface area contributed by atoms with Crippen LogP contribution in [0.2, 0.25) is 0 Å². The maximum absolute atomic E-state index is 12.3. The van der Waals surface area contributed by atoms with Gasteiger partial charge < -0.3 is 11.1 Å². The van der Waals surface area contributed by atoms with Crippen molar-refractivity contribution in [3.8, 4) is 0 Å². The lowest BCUT2D eigenvalue weighted by Crippen LogP contribution is -2.50. The number of rotatable bonds is 4. The molecule has 2 heterocycles. The third-order valence-corrected chi connectivity index (χ3v) is 4.48. The molecule has 0 saturated carbocycles. The van der Waals surface area contributed by atoms with Crippen molar-refractivity contribution in [3.63, 3.8) is 0 Å². The first-order valence-electron chi connectivity index (χ1n) is 7.54. The molecule has 2 aromatic rings. The van der Waals surface area contributed by atoms with Gasteiger partial charge in [-0.15, -0.1) is 0 Å². The van der Waals surface area contributed by atoms with Gasteiger partial charge in [-0.2, -0.15) is 0 Å². The Labute approximate surface area is 148 Å². The molecule has 0 bridgehead atoms. The Kier molecular flexibility index (Phi) is 4.92. The van der Waals surface area contributed by atoms with Crippen LogP contribution in [-0.2, 0) is 22.6 Å². The van der Waals surface area contributed by atoms with Crippen LogP contribution < -0.4 is 11.1 Å². The summed E-state index contributed by atoms with van der Waals surface area (Å²) in [4.78, 5) is 30.0. The van der Waals surface area contributed by atoms with Crippen LogP contribution in [0.25, 0.3) is 0 Å². The van der Waals surface area contributed by atoms with E-state index in [9.17, 15) is 9.59 Å².